The quantitative estimate of drug-likeness (QED) is 0.334. The van der Waals surface area contributed by atoms with E-state index in [4.69, 9.17) is 4.42 Å². The lowest BCUT2D eigenvalue weighted by atomic mass is 10.1. The van der Waals surface area contributed by atoms with E-state index >= 15 is 0 Å². The SMILES string of the molecule is Cc1cc(C)c(SN(Cc2ccc(Br)cc2)Cc2ccc(C(F)F)o2)c(C)c1. The Bertz CT molecular complexity index is 917. The van der Waals surface area contributed by atoms with Gasteiger partial charge in [0.1, 0.15) is 5.76 Å². The molecule has 2 nitrogen and oxygen atoms in total. The molecular formula is C22H22BrF2NOS. The molecule has 0 bridgehead atoms. The zero-order valence-corrected chi connectivity index (χ0v) is 18.4. The van der Waals surface area contributed by atoms with E-state index < -0.39 is 6.43 Å². The third kappa shape index (κ3) is 5.46. The van der Waals surface area contributed by atoms with Gasteiger partial charge in [0.15, 0.2) is 5.76 Å². The van der Waals surface area contributed by atoms with E-state index in [1.165, 1.54) is 27.7 Å². The predicted molar refractivity (Wildman–Crippen MR) is 114 cm³/mol. The second kappa shape index (κ2) is 9.25. The number of rotatable bonds is 7. The summed E-state index contributed by atoms with van der Waals surface area (Å²) in [5.74, 6) is 0.244. The van der Waals surface area contributed by atoms with Crippen LogP contribution in [-0.4, -0.2) is 4.31 Å². The maximum absolute atomic E-state index is 12.9. The fraction of sp³-hybridized carbons (Fsp3) is 0.273. The molecule has 6 heteroatoms. The van der Waals surface area contributed by atoms with Gasteiger partial charge >= 0.3 is 0 Å². The van der Waals surface area contributed by atoms with Gasteiger partial charge in [-0.2, -0.15) is 0 Å². The van der Waals surface area contributed by atoms with Crippen LogP contribution in [0.1, 0.15) is 40.2 Å². The second-order valence-electron chi connectivity index (χ2n) is 6.85. The molecule has 3 rings (SSSR count). The van der Waals surface area contributed by atoms with Crippen LogP contribution in [0.5, 0.6) is 0 Å². The molecule has 0 fully saturated rings. The van der Waals surface area contributed by atoms with Crippen LogP contribution in [0.25, 0.3) is 0 Å². The van der Waals surface area contributed by atoms with Gasteiger partial charge in [-0.15, -0.1) is 0 Å². The maximum Gasteiger partial charge on any atom is 0.295 e. The first-order valence-corrected chi connectivity index (χ1v) is 10.5. The van der Waals surface area contributed by atoms with Crippen LogP contribution in [0.4, 0.5) is 8.78 Å². The summed E-state index contributed by atoms with van der Waals surface area (Å²) >= 11 is 5.09. The number of furan rings is 1. The summed E-state index contributed by atoms with van der Waals surface area (Å²) in [5.41, 5.74) is 4.78. The zero-order chi connectivity index (χ0) is 20.3. The normalized spacial score (nSPS) is 11.6. The number of hydrogen-bond acceptors (Lipinski definition) is 3. The van der Waals surface area contributed by atoms with Crippen LogP contribution < -0.4 is 0 Å². The van der Waals surface area contributed by atoms with E-state index in [9.17, 15) is 8.78 Å². The molecule has 1 aromatic heterocycles. The first kappa shape index (κ1) is 21.1. The summed E-state index contributed by atoms with van der Waals surface area (Å²) in [6, 6.07) is 15.4. The number of nitrogens with zero attached hydrogens (tertiary/aromatic N) is 1. The molecule has 0 aliphatic rings. The maximum atomic E-state index is 12.9. The summed E-state index contributed by atoms with van der Waals surface area (Å²) in [6.07, 6.45) is -2.59. The van der Waals surface area contributed by atoms with Crippen molar-refractivity contribution in [3.05, 3.63) is 86.8 Å². The monoisotopic (exact) mass is 465 g/mol. The van der Waals surface area contributed by atoms with Gasteiger partial charge in [-0.25, -0.2) is 13.1 Å². The van der Waals surface area contributed by atoms with E-state index in [0.717, 1.165) is 10.0 Å². The molecule has 0 spiro atoms. The van der Waals surface area contributed by atoms with Gasteiger partial charge in [0.25, 0.3) is 6.43 Å². The third-order valence-corrected chi connectivity index (χ3v) is 6.20. The minimum absolute atomic E-state index is 0.286. The smallest absolute Gasteiger partial charge is 0.295 e. The summed E-state index contributed by atoms with van der Waals surface area (Å²) in [7, 11) is 0. The molecule has 0 N–H and O–H groups in total. The van der Waals surface area contributed by atoms with Gasteiger partial charge in [-0.05, 0) is 73.7 Å². The lowest BCUT2D eigenvalue weighted by molar-refractivity contribution is 0.119. The molecule has 0 saturated carbocycles. The highest BCUT2D eigenvalue weighted by Crippen LogP contribution is 2.33. The Kier molecular flexibility index (Phi) is 6.96. The summed E-state index contributed by atoms with van der Waals surface area (Å²) in [6.45, 7) is 7.38. The molecule has 28 heavy (non-hydrogen) atoms. The Morgan fingerprint density at radius 3 is 2.18 bits per heavy atom. The van der Waals surface area contributed by atoms with Gasteiger partial charge in [-0.3, -0.25) is 0 Å². The highest BCUT2D eigenvalue weighted by Gasteiger charge is 2.17. The number of alkyl halides is 2. The molecule has 148 valence electrons. The summed E-state index contributed by atoms with van der Waals surface area (Å²) < 4.78 is 34.3. The van der Waals surface area contributed by atoms with Crippen molar-refractivity contribution in [2.24, 2.45) is 0 Å². The van der Waals surface area contributed by atoms with Gasteiger partial charge in [0, 0.05) is 15.9 Å². The van der Waals surface area contributed by atoms with Crippen LogP contribution >= 0.6 is 27.9 Å². The lowest BCUT2D eigenvalue weighted by Crippen LogP contribution is -2.15. The van der Waals surface area contributed by atoms with Gasteiger partial charge in [0.2, 0.25) is 0 Å². The average molecular weight is 466 g/mol. The van der Waals surface area contributed by atoms with Crippen LogP contribution in [0.15, 0.2) is 62.3 Å². The van der Waals surface area contributed by atoms with Crippen LogP contribution in [0, 0.1) is 20.8 Å². The number of halogens is 3. The van der Waals surface area contributed by atoms with Crippen molar-refractivity contribution >= 4 is 27.9 Å². The molecule has 1 heterocycles. The van der Waals surface area contributed by atoms with E-state index in [1.807, 2.05) is 12.1 Å². The molecule has 2 aromatic carbocycles. The average Bonchev–Trinajstić information content (AvgIpc) is 3.09. The summed E-state index contributed by atoms with van der Waals surface area (Å²) in [5, 5.41) is 0. The third-order valence-electron chi connectivity index (χ3n) is 4.33. The van der Waals surface area contributed by atoms with E-state index in [2.05, 4.69) is 65.3 Å². The van der Waals surface area contributed by atoms with Crippen molar-refractivity contribution in [1.82, 2.24) is 4.31 Å². The van der Waals surface area contributed by atoms with Crippen LogP contribution in [-0.2, 0) is 13.1 Å². The standard InChI is InChI=1S/C22H22BrF2NOS/c1-14-10-15(2)21(16(3)11-14)28-26(12-17-4-6-18(23)7-5-17)13-19-8-9-20(27-19)22(24)25/h4-11,22H,12-13H2,1-3H3. The number of hydrogen-bond donors (Lipinski definition) is 0. The lowest BCUT2D eigenvalue weighted by Gasteiger charge is -2.22. The largest absolute Gasteiger partial charge is 0.459 e. The molecule has 0 radical (unpaired) electrons. The van der Waals surface area contributed by atoms with E-state index in [1.54, 1.807) is 18.0 Å². The first-order valence-electron chi connectivity index (χ1n) is 8.94. The Balaban J connectivity index is 1.86. The number of benzene rings is 2. The Hall–Kier alpha value is -1.63. The van der Waals surface area contributed by atoms with Crippen molar-refractivity contribution < 1.29 is 13.2 Å². The van der Waals surface area contributed by atoms with Crippen molar-refractivity contribution in [2.75, 3.05) is 0 Å². The highest BCUT2D eigenvalue weighted by atomic mass is 79.9. The van der Waals surface area contributed by atoms with Crippen molar-refractivity contribution in [1.29, 1.82) is 0 Å². The Morgan fingerprint density at radius 1 is 0.964 bits per heavy atom. The molecule has 0 atom stereocenters. The van der Waals surface area contributed by atoms with Gasteiger partial charge in [-0.1, -0.05) is 45.8 Å². The Morgan fingerprint density at radius 2 is 1.61 bits per heavy atom. The molecule has 3 aromatic rings. The van der Waals surface area contributed by atoms with Crippen molar-refractivity contribution in [2.45, 2.75) is 45.2 Å². The predicted octanol–water partition coefficient (Wildman–Crippen LogP) is 7.61. The topological polar surface area (TPSA) is 16.4 Å². The fourth-order valence-corrected chi connectivity index (χ4v) is 4.46. The van der Waals surface area contributed by atoms with Crippen molar-refractivity contribution in [3.63, 3.8) is 0 Å². The van der Waals surface area contributed by atoms with Crippen molar-refractivity contribution in [3.8, 4) is 0 Å². The van der Waals surface area contributed by atoms with Crippen LogP contribution in [0.3, 0.4) is 0 Å². The van der Waals surface area contributed by atoms with E-state index in [0.29, 0.717) is 18.8 Å². The van der Waals surface area contributed by atoms with Crippen LogP contribution in [0.2, 0.25) is 0 Å². The molecule has 0 unspecified atom stereocenters. The molecular weight excluding hydrogens is 444 g/mol. The molecule has 0 aliphatic heterocycles. The highest BCUT2D eigenvalue weighted by molar-refractivity contribution is 9.10. The molecule has 0 aliphatic carbocycles. The second-order valence-corrected chi connectivity index (χ2v) is 8.87. The van der Waals surface area contributed by atoms with E-state index in [-0.39, 0.29) is 5.76 Å². The minimum atomic E-state index is -2.59. The first-order chi connectivity index (χ1) is 13.3. The Labute approximate surface area is 177 Å². The van der Waals surface area contributed by atoms with Gasteiger partial charge < -0.3 is 4.42 Å². The summed E-state index contributed by atoms with van der Waals surface area (Å²) in [4.78, 5) is 1.18. The zero-order valence-electron chi connectivity index (χ0n) is 16.0. The fourth-order valence-electron chi connectivity index (χ4n) is 3.12. The molecule has 0 amide bonds. The minimum Gasteiger partial charge on any atom is -0.459 e. The number of aryl methyl sites for hydroxylation is 3. The van der Waals surface area contributed by atoms with Gasteiger partial charge in [0.05, 0.1) is 6.54 Å². The molecule has 0 saturated heterocycles.